The Balaban J connectivity index is 1.47. The molecular weight excluding hydrogens is 472 g/mol. The highest BCUT2D eigenvalue weighted by molar-refractivity contribution is 6.03. The highest BCUT2D eigenvalue weighted by atomic mass is 16.7. The summed E-state index contributed by atoms with van der Waals surface area (Å²) in [6.07, 6.45) is -6.93. The first-order valence-corrected chi connectivity index (χ1v) is 12.9. The summed E-state index contributed by atoms with van der Waals surface area (Å²) >= 11 is 0. The monoisotopic (exact) mass is 510 g/mol. The van der Waals surface area contributed by atoms with Crippen molar-refractivity contribution in [3.63, 3.8) is 0 Å². The van der Waals surface area contributed by atoms with Gasteiger partial charge in [0, 0.05) is 17.3 Å². The number of hydrogen-bond acceptors (Lipinski definition) is 10. The summed E-state index contributed by atoms with van der Waals surface area (Å²) in [6.45, 7) is 6.98. The van der Waals surface area contributed by atoms with E-state index < -0.39 is 83.6 Å². The summed E-state index contributed by atoms with van der Waals surface area (Å²) in [6, 6.07) is 0. The number of allylic oxidation sites excluding steroid dienone is 1. The summed E-state index contributed by atoms with van der Waals surface area (Å²) in [5, 5.41) is 62.8. The fourth-order valence-electron chi connectivity index (χ4n) is 9.04. The van der Waals surface area contributed by atoms with Gasteiger partial charge in [0.1, 0.15) is 24.4 Å². The lowest BCUT2D eigenvalue weighted by Crippen LogP contribution is -2.67. The smallest absolute Gasteiger partial charge is 0.314 e. The van der Waals surface area contributed by atoms with Gasteiger partial charge in [-0.1, -0.05) is 19.9 Å². The van der Waals surface area contributed by atoms with Crippen molar-refractivity contribution in [2.24, 2.45) is 34.0 Å². The molecule has 202 valence electrons. The van der Waals surface area contributed by atoms with E-state index in [1.54, 1.807) is 6.92 Å². The Morgan fingerprint density at radius 1 is 1.03 bits per heavy atom. The van der Waals surface area contributed by atoms with E-state index in [4.69, 9.17) is 9.47 Å². The molecule has 4 aliphatic carbocycles. The second kappa shape index (κ2) is 8.56. The molecule has 0 aromatic carbocycles. The molecule has 10 nitrogen and oxygen atoms in total. The lowest BCUT2D eigenvalue weighted by molar-refractivity contribution is -0.300. The van der Waals surface area contributed by atoms with Crippen molar-refractivity contribution >= 4 is 11.8 Å². The number of ketones is 1. The maximum absolute atomic E-state index is 13.7. The van der Waals surface area contributed by atoms with E-state index in [0.717, 1.165) is 0 Å². The SMILES string of the molecule is C=C1C(=O)[C@]23CC1CC(O)[C@H]2[C@]1(C)CCC[C@@](C)(C(=O)OC2OC(CO)C(O)C(O)C2O)[C@H]1C(O)C3. The molecule has 13 atom stereocenters. The predicted molar refractivity (Wildman–Crippen MR) is 123 cm³/mol. The van der Waals surface area contributed by atoms with Gasteiger partial charge in [0.25, 0.3) is 0 Å². The highest BCUT2D eigenvalue weighted by Crippen LogP contribution is 2.71. The van der Waals surface area contributed by atoms with Gasteiger partial charge in [-0.25, -0.2) is 0 Å². The van der Waals surface area contributed by atoms with E-state index in [0.29, 0.717) is 37.7 Å². The fourth-order valence-corrected chi connectivity index (χ4v) is 9.04. The van der Waals surface area contributed by atoms with Crippen molar-refractivity contribution in [3.8, 4) is 0 Å². The maximum atomic E-state index is 13.7. The van der Waals surface area contributed by atoms with E-state index in [9.17, 15) is 40.2 Å². The van der Waals surface area contributed by atoms with Gasteiger partial charge >= 0.3 is 5.97 Å². The standard InChI is InChI=1S/C26H38O10/c1-11-12-7-13(28)20-24(2)5-4-6-25(3,19(24)14(29)9-26(20,8-12)21(11)33)23(34)36-22-18(32)17(31)16(30)15(10-27)35-22/h12-20,22,27-32H,1,4-10H2,2-3H3/t12?,13?,14?,15?,16?,17?,18?,19-,20-,22?,24+,25+,26-/m0/s1. The van der Waals surface area contributed by atoms with Gasteiger partial charge in [-0.15, -0.1) is 0 Å². The maximum Gasteiger partial charge on any atom is 0.314 e. The molecule has 5 rings (SSSR count). The molecule has 5 aliphatic rings. The topological polar surface area (TPSA) is 174 Å². The minimum Gasteiger partial charge on any atom is -0.432 e. The molecule has 36 heavy (non-hydrogen) atoms. The molecular formula is C26H38O10. The first kappa shape index (κ1) is 26.2. The van der Waals surface area contributed by atoms with Crippen molar-refractivity contribution in [2.75, 3.05) is 6.61 Å². The van der Waals surface area contributed by atoms with Gasteiger partial charge in [-0.05, 0) is 55.9 Å². The van der Waals surface area contributed by atoms with Crippen LogP contribution in [0.15, 0.2) is 12.2 Å². The Morgan fingerprint density at radius 3 is 2.39 bits per heavy atom. The number of esters is 1. The van der Waals surface area contributed by atoms with E-state index in [1.807, 2.05) is 6.92 Å². The van der Waals surface area contributed by atoms with Crippen LogP contribution in [0.5, 0.6) is 0 Å². The third-order valence-electron chi connectivity index (χ3n) is 10.4. The van der Waals surface area contributed by atoms with Crippen molar-refractivity contribution < 1.29 is 49.7 Å². The molecule has 0 aromatic heterocycles. The van der Waals surface area contributed by atoms with Crippen LogP contribution in [0.1, 0.15) is 52.4 Å². The van der Waals surface area contributed by atoms with Crippen LogP contribution in [0.25, 0.3) is 0 Å². The molecule has 1 aliphatic heterocycles. The second-order valence-electron chi connectivity index (χ2n) is 12.3. The number of aliphatic hydroxyl groups excluding tert-OH is 6. The van der Waals surface area contributed by atoms with E-state index >= 15 is 0 Å². The molecule has 8 unspecified atom stereocenters. The molecule has 1 saturated heterocycles. The zero-order valence-electron chi connectivity index (χ0n) is 20.7. The zero-order chi connectivity index (χ0) is 26.4. The Labute approximate surface area is 209 Å². The van der Waals surface area contributed by atoms with Crippen LogP contribution in [0.4, 0.5) is 0 Å². The van der Waals surface area contributed by atoms with Crippen LogP contribution in [-0.4, -0.2) is 91.9 Å². The number of fused-ring (bicyclic) bond motifs is 3. The van der Waals surface area contributed by atoms with Crippen molar-refractivity contribution in [3.05, 3.63) is 12.2 Å². The van der Waals surface area contributed by atoms with Crippen LogP contribution in [0.2, 0.25) is 0 Å². The van der Waals surface area contributed by atoms with Gasteiger partial charge in [0.15, 0.2) is 5.78 Å². The van der Waals surface area contributed by atoms with Crippen LogP contribution >= 0.6 is 0 Å². The Morgan fingerprint density at radius 2 is 1.72 bits per heavy atom. The van der Waals surface area contributed by atoms with Gasteiger partial charge in [-0.3, -0.25) is 9.59 Å². The summed E-state index contributed by atoms with van der Waals surface area (Å²) in [5.74, 6) is -2.00. The van der Waals surface area contributed by atoms with E-state index in [-0.39, 0.29) is 18.1 Å². The quantitative estimate of drug-likeness (QED) is 0.213. The number of hydrogen-bond donors (Lipinski definition) is 6. The molecule has 0 amide bonds. The Kier molecular flexibility index (Phi) is 6.23. The molecule has 4 saturated carbocycles. The Hall–Kier alpha value is -1.40. The van der Waals surface area contributed by atoms with Gasteiger partial charge in [0.05, 0.1) is 24.2 Å². The van der Waals surface area contributed by atoms with Crippen LogP contribution in [-0.2, 0) is 19.1 Å². The number of Topliss-reactive ketones (excluding diaryl/α,β-unsaturated/α-hetero) is 1. The van der Waals surface area contributed by atoms with Crippen molar-refractivity contribution in [1.29, 1.82) is 0 Å². The minimum absolute atomic E-state index is 0.0797. The van der Waals surface area contributed by atoms with Crippen LogP contribution < -0.4 is 0 Å². The Bertz CT molecular complexity index is 951. The average molecular weight is 511 g/mol. The highest BCUT2D eigenvalue weighted by Gasteiger charge is 2.72. The van der Waals surface area contributed by atoms with Crippen molar-refractivity contribution in [1.82, 2.24) is 0 Å². The van der Waals surface area contributed by atoms with Gasteiger partial charge < -0.3 is 40.1 Å². The minimum atomic E-state index is -1.73. The molecule has 0 radical (unpaired) electrons. The summed E-state index contributed by atoms with van der Waals surface area (Å²) in [7, 11) is 0. The van der Waals surface area contributed by atoms with E-state index in [2.05, 4.69) is 6.58 Å². The van der Waals surface area contributed by atoms with E-state index in [1.165, 1.54) is 0 Å². The molecule has 2 bridgehead atoms. The number of aliphatic hydroxyl groups is 6. The van der Waals surface area contributed by atoms with Crippen LogP contribution in [0, 0.1) is 34.0 Å². The van der Waals surface area contributed by atoms with Crippen molar-refractivity contribution in [2.45, 2.75) is 95.3 Å². The molecule has 10 heteroatoms. The normalized spacial score (nSPS) is 54.6. The lowest BCUT2D eigenvalue weighted by Gasteiger charge is -2.65. The molecule has 5 fully saturated rings. The van der Waals surface area contributed by atoms with Gasteiger partial charge in [0.2, 0.25) is 6.29 Å². The molecule has 1 spiro atoms. The largest absolute Gasteiger partial charge is 0.432 e. The number of carbonyl (C=O) groups excluding carboxylic acids is 2. The molecule has 0 aromatic rings. The first-order chi connectivity index (χ1) is 16.8. The zero-order valence-corrected chi connectivity index (χ0v) is 20.7. The van der Waals surface area contributed by atoms with Gasteiger partial charge in [-0.2, -0.15) is 0 Å². The second-order valence-corrected chi connectivity index (χ2v) is 12.3. The third kappa shape index (κ3) is 3.35. The number of rotatable bonds is 3. The summed E-state index contributed by atoms with van der Waals surface area (Å²) in [5.41, 5.74) is -2.36. The first-order valence-electron chi connectivity index (χ1n) is 12.9. The lowest BCUT2D eigenvalue weighted by atomic mass is 9.39. The number of carbonyl (C=O) groups is 2. The summed E-state index contributed by atoms with van der Waals surface area (Å²) in [4.78, 5) is 27.1. The fraction of sp³-hybridized carbons (Fsp3) is 0.846. The average Bonchev–Trinajstić information content (AvgIpc) is 2.99. The van der Waals surface area contributed by atoms with Crippen LogP contribution in [0.3, 0.4) is 0 Å². The summed E-state index contributed by atoms with van der Waals surface area (Å²) < 4.78 is 10.9. The molecule has 1 heterocycles. The third-order valence-corrected chi connectivity index (χ3v) is 10.4. The number of ether oxygens (including phenoxy) is 2. The molecule has 6 N–H and O–H groups in total. The predicted octanol–water partition coefficient (Wildman–Crippen LogP) is -0.581.